The van der Waals surface area contributed by atoms with Gasteiger partial charge >= 0.3 is 0 Å². The summed E-state index contributed by atoms with van der Waals surface area (Å²) in [5.74, 6) is 3.65. The Morgan fingerprint density at radius 3 is 2.64 bits per heavy atom. The zero-order valence-electron chi connectivity index (χ0n) is 15.4. The minimum atomic E-state index is -0.191. The number of ether oxygens (including phenoxy) is 2. The van der Waals surface area contributed by atoms with Crippen LogP contribution in [0.4, 0.5) is 0 Å². The van der Waals surface area contributed by atoms with E-state index in [1.807, 2.05) is 30.0 Å². The Morgan fingerprint density at radius 2 is 2.04 bits per heavy atom. The number of thioether (sulfide) groups is 1. The molecule has 25 heavy (non-hydrogen) atoms. The van der Waals surface area contributed by atoms with E-state index in [1.165, 1.54) is 0 Å². The summed E-state index contributed by atoms with van der Waals surface area (Å²) in [5, 5.41) is 6.47. The highest BCUT2D eigenvalue weighted by Crippen LogP contribution is 2.32. The normalized spacial score (nSPS) is 17.4. The Kier molecular flexibility index (Phi) is 8.89. The summed E-state index contributed by atoms with van der Waals surface area (Å²) in [6.07, 6.45) is 0.537. The van der Waals surface area contributed by atoms with Crippen molar-refractivity contribution in [1.82, 2.24) is 10.6 Å². The molecule has 1 fully saturated rings. The molecule has 0 radical (unpaired) electrons. The number of carbonyl (C=O) groups excluding carboxylic acids is 1. The molecular formula is C18H29ClN2O3S. The van der Waals surface area contributed by atoms with E-state index in [1.54, 1.807) is 14.2 Å². The first-order valence-electron chi connectivity index (χ1n) is 8.26. The molecular weight excluding hydrogens is 360 g/mol. The van der Waals surface area contributed by atoms with Gasteiger partial charge in [-0.05, 0) is 17.7 Å². The molecule has 0 spiro atoms. The van der Waals surface area contributed by atoms with E-state index >= 15 is 0 Å². The number of nitrogens with one attached hydrogen (secondary N) is 2. The van der Waals surface area contributed by atoms with Gasteiger partial charge in [-0.15, -0.1) is 12.4 Å². The lowest BCUT2D eigenvalue weighted by atomic mass is 9.84. The Morgan fingerprint density at radius 1 is 1.32 bits per heavy atom. The summed E-state index contributed by atoms with van der Waals surface area (Å²) in [6.45, 7) is 5.80. The van der Waals surface area contributed by atoms with Gasteiger partial charge in [-0.1, -0.05) is 19.9 Å². The fourth-order valence-corrected chi connectivity index (χ4v) is 3.67. The lowest BCUT2D eigenvalue weighted by Crippen LogP contribution is -2.43. The van der Waals surface area contributed by atoms with Gasteiger partial charge in [-0.3, -0.25) is 4.79 Å². The molecule has 2 N–H and O–H groups in total. The van der Waals surface area contributed by atoms with Gasteiger partial charge in [-0.25, -0.2) is 0 Å². The first-order valence-corrected chi connectivity index (χ1v) is 9.42. The predicted molar refractivity (Wildman–Crippen MR) is 107 cm³/mol. The van der Waals surface area contributed by atoms with Gasteiger partial charge < -0.3 is 20.1 Å². The van der Waals surface area contributed by atoms with Gasteiger partial charge in [0.25, 0.3) is 0 Å². The fraction of sp³-hybridized carbons (Fsp3) is 0.611. The first kappa shape index (κ1) is 21.9. The van der Waals surface area contributed by atoms with Crippen LogP contribution in [0.5, 0.6) is 11.5 Å². The molecule has 1 atom stereocenters. The van der Waals surface area contributed by atoms with E-state index in [2.05, 4.69) is 24.5 Å². The van der Waals surface area contributed by atoms with E-state index in [9.17, 15) is 4.79 Å². The molecule has 1 aromatic carbocycles. The summed E-state index contributed by atoms with van der Waals surface area (Å²) in [7, 11) is 3.26. The van der Waals surface area contributed by atoms with Crippen molar-refractivity contribution in [2.75, 3.05) is 38.8 Å². The summed E-state index contributed by atoms with van der Waals surface area (Å²) in [4.78, 5) is 12.2. The molecule has 1 unspecified atom stereocenters. The molecule has 5 nitrogen and oxygen atoms in total. The van der Waals surface area contributed by atoms with E-state index in [0.717, 1.165) is 23.6 Å². The van der Waals surface area contributed by atoms with Crippen LogP contribution < -0.4 is 20.1 Å². The number of methoxy groups -OCH3 is 2. The van der Waals surface area contributed by atoms with Gasteiger partial charge in [0.05, 0.1) is 14.2 Å². The highest BCUT2D eigenvalue weighted by molar-refractivity contribution is 7.99. The number of rotatable bonds is 7. The van der Waals surface area contributed by atoms with Crippen molar-refractivity contribution in [3.63, 3.8) is 0 Å². The zero-order chi connectivity index (χ0) is 17.6. The van der Waals surface area contributed by atoms with Crippen LogP contribution in [0.25, 0.3) is 0 Å². The van der Waals surface area contributed by atoms with E-state index in [4.69, 9.17) is 9.47 Å². The van der Waals surface area contributed by atoms with Crippen molar-refractivity contribution in [3.8, 4) is 11.5 Å². The molecule has 142 valence electrons. The second-order valence-corrected chi connectivity index (χ2v) is 7.81. The monoisotopic (exact) mass is 388 g/mol. The molecule has 0 aromatic heterocycles. The third-order valence-electron chi connectivity index (χ3n) is 4.32. The minimum Gasteiger partial charge on any atom is -0.493 e. The van der Waals surface area contributed by atoms with E-state index in [0.29, 0.717) is 24.5 Å². The standard InChI is InChI=1S/C18H28N2O3S.ClH/c1-18(2,13-5-6-15(22-3)16(9-13)23-4)12-20-17(21)10-14-11-24-8-7-19-14;/h5-6,9,14,19H,7-8,10-12H2,1-4H3,(H,20,21);1H. The molecule has 2 rings (SSSR count). The van der Waals surface area contributed by atoms with Crippen molar-refractivity contribution in [2.45, 2.75) is 31.7 Å². The number of hydrogen-bond acceptors (Lipinski definition) is 5. The quantitative estimate of drug-likeness (QED) is 0.751. The highest BCUT2D eigenvalue weighted by atomic mass is 35.5. The van der Waals surface area contributed by atoms with Crippen LogP contribution in [-0.2, 0) is 10.2 Å². The number of halogens is 1. The topological polar surface area (TPSA) is 59.6 Å². The van der Waals surface area contributed by atoms with Crippen LogP contribution >= 0.6 is 24.2 Å². The van der Waals surface area contributed by atoms with Crippen molar-refractivity contribution >= 4 is 30.1 Å². The van der Waals surface area contributed by atoms with E-state index in [-0.39, 0.29) is 29.8 Å². The Balaban J connectivity index is 0.00000312. The molecule has 0 saturated carbocycles. The molecule has 0 aliphatic carbocycles. The highest BCUT2D eigenvalue weighted by Gasteiger charge is 2.24. The van der Waals surface area contributed by atoms with Gasteiger partial charge in [0.1, 0.15) is 0 Å². The average Bonchev–Trinajstić information content (AvgIpc) is 2.60. The SMILES string of the molecule is COc1ccc(C(C)(C)CNC(=O)CC2CSCCN2)cc1OC.Cl. The molecule has 1 aliphatic rings. The predicted octanol–water partition coefficient (Wildman–Crippen LogP) is 2.61. The summed E-state index contributed by atoms with van der Waals surface area (Å²) < 4.78 is 10.7. The van der Waals surface area contributed by atoms with Gasteiger partial charge in [0.2, 0.25) is 5.91 Å². The summed E-state index contributed by atoms with van der Waals surface area (Å²) >= 11 is 1.90. The summed E-state index contributed by atoms with van der Waals surface area (Å²) in [6, 6.07) is 6.19. The number of benzene rings is 1. The maximum Gasteiger partial charge on any atom is 0.221 e. The molecule has 0 bridgehead atoms. The number of hydrogen-bond donors (Lipinski definition) is 2. The first-order chi connectivity index (χ1) is 11.5. The maximum absolute atomic E-state index is 12.2. The third-order valence-corrected chi connectivity index (χ3v) is 5.45. The Labute approximate surface area is 161 Å². The summed E-state index contributed by atoms with van der Waals surface area (Å²) in [5.41, 5.74) is 0.913. The van der Waals surface area contributed by atoms with Crippen molar-refractivity contribution in [3.05, 3.63) is 23.8 Å². The molecule has 1 heterocycles. The largest absolute Gasteiger partial charge is 0.493 e. The smallest absolute Gasteiger partial charge is 0.221 e. The zero-order valence-corrected chi connectivity index (χ0v) is 17.0. The van der Waals surface area contributed by atoms with E-state index < -0.39 is 0 Å². The van der Waals surface area contributed by atoms with Crippen molar-refractivity contribution in [2.24, 2.45) is 0 Å². The van der Waals surface area contributed by atoms with Gasteiger partial charge in [0, 0.05) is 42.5 Å². The fourth-order valence-electron chi connectivity index (χ4n) is 2.73. The Hall–Kier alpha value is -1.11. The molecule has 1 aliphatic heterocycles. The van der Waals surface area contributed by atoms with Crippen molar-refractivity contribution < 1.29 is 14.3 Å². The van der Waals surface area contributed by atoms with Crippen LogP contribution in [0, 0.1) is 0 Å². The second kappa shape index (κ2) is 10.1. The van der Waals surface area contributed by atoms with Crippen LogP contribution in [0.15, 0.2) is 18.2 Å². The third kappa shape index (κ3) is 6.28. The maximum atomic E-state index is 12.2. The number of carbonyl (C=O) groups is 1. The second-order valence-electron chi connectivity index (χ2n) is 6.66. The van der Waals surface area contributed by atoms with Crippen molar-refractivity contribution in [1.29, 1.82) is 0 Å². The average molecular weight is 389 g/mol. The van der Waals surface area contributed by atoms with Crippen LogP contribution in [0.1, 0.15) is 25.8 Å². The molecule has 1 aromatic rings. The molecule has 7 heteroatoms. The number of amides is 1. The van der Waals surface area contributed by atoms with Gasteiger partial charge in [-0.2, -0.15) is 11.8 Å². The Bertz CT molecular complexity index is 563. The lowest BCUT2D eigenvalue weighted by molar-refractivity contribution is -0.121. The van der Waals surface area contributed by atoms with Crippen LogP contribution in [0.2, 0.25) is 0 Å². The molecule has 1 saturated heterocycles. The van der Waals surface area contributed by atoms with Gasteiger partial charge in [0.15, 0.2) is 11.5 Å². The van der Waals surface area contributed by atoms with Crippen LogP contribution in [0.3, 0.4) is 0 Å². The van der Waals surface area contributed by atoms with Crippen LogP contribution in [-0.4, -0.2) is 50.8 Å². The lowest BCUT2D eigenvalue weighted by Gasteiger charge is -2.27. The molecule has 1 amide bonds. The minimum absolute atomic E-state index is 0.